The third kappa shape index (κ3) is 4.84. The highest BCUT2D eigenvalue weighted by Crippen LogP contribution is 2.36. The standard InChI is InChI=1S/C14H24BrNO3Si/c1-14(2,3)20(4,5)19-9-8-18-13-7-6-11(15)12(10-17)16-13/h6-7,17H,8-10H2,1-5H3. The highest BCUT2D eigenvalue weighted by molar-refractivity contribution is 9.10. The third-order valence-electron chi connectivity index (χ3n) is 3.65. The van der Waals surface area contributed by atoms with Crippen LogP contribution >= 0.6 is 15.9 Å². The second-order valence-corrected chi connectivity index (χ2v) is 11.9. The largest absolute Gasteiger partial charge is 0.475 e. The number of aliphatic hydroxyl groups is 1. The van der Waals surface area contributed by atoms with Crippen LogP contribution in [0, 0.1) is 0 Å². The van der Waals surface area contributed by atoms with Crippen LogP contribution < -0.4 is 4.74 Å². The van der Waals surface area contributed by atoms with Gasteiger partial charge < -0.3 is 14.3 Å². The lowest BCUT2D eigenvalue weighted by atomic mass is 10.2. The van der Waals surface area contributed by atoms with Crippen molar-refractivity contribution >= 4 is 24.2 Å². The summed E-state index contributed by atoms with van der Waals surface area (Å²) in [5, 5.41) is 9.34. The molecule has 0 aliphatic rings. The Kier molecular flexibility index (Phi) is 6.18. The van der Waals surface area contributed by atoms with Crippen molar-refractivity contribution in [2.24, 2.45) is 0 Å². The van der Waals surface area contributed by atoms with Gasteiger partial charge in [0, 0.05) is 10.5 Å². The van der Waals surface area contributed by atoms with Gasteiger partial charge in [0.05, 0.1) is 18.9 Å². The SMILES string of the molecule is CC(C)(C)[Si](C)(C)OCCOc1ccc(Br)c(CO)n1. The molecule has 0 aliphatic carbocycles. The molecule has 1 aromatic heterocycles. The monoisotopic (exact) mass is 361 g/mol. The van der Waals surface area contributed by atoms with Gasteiger partial charge in [-0.15, -0.1) is 0 Å². The number of hydrogen-bond acceptors (Lipinski definition) is 4. The van der Waals surface area contributed by atoms with E-state index in [1.54, 1.807) is 6.07 Å². The van der Waals surface area contributed by atoms with Crippen LogP contribution in [0.1, 0.15) is 26.5 Å². The van der Waals surface area contributed by atoms with Crippen LogP contribution in [-0.2, 0) is 11.0 Å². The molecule has 0 saturated heterocycles. The number of aromatic nitrogens is 1. The number of halogens is 1. The number of hydrogen-bond donors (Lipinski definition) is 1. The highest BCUT2D eigenvalue weighted by atomic mass is 79.9. The van der Waals surface area contributed by atoms with E-state index in [0.717, 1.165) is 4.47 Å². The predicted octanol–water partition coefficient (Wildman–Crippen LogP) is 3.74. The van der Waals surface area contributed by atoms with Crippen molar-refractivity contribution in [3.05, 3.63) is 22.3 Å². The molecule has 1 rings (SSSR count). The minimum Gasteiger partial charge on any atom is -0.475 e. The first kappa shape index (κ1) is 17.6. The topological polar surface area (TPSA) is 51.6 Å². The average Bonchev–Trinajstić information content (AvgIpc) is 2.35. The molecule has 0 bridgehead atoms. The highest BCUT2D eigenvalue weighted by Gasteiger charge is 2.36. The zero-order valence-electron chi connectivity index (χ0n) is 12.9. The van der Waals surface area contributed by atoms with E-state index in [0.29, 0.717) is 24.8 Å². The molecular formula is C14H24BrNO3Si. The molecule has 1 N–H and O–H groups in total. The second-order valence-electron chi connectivity index (χ2n) is 6.19. The lowest BCUT2D eigenvalue weighted by molar-refractivity contribution is 0.197. The quantitative estimate of drug-likeness (QED) is 0.619. The van der Waals surface area contributed by atoms with E-state index in [2.05, 4.69) is 54.8 Å². The molecule has 0 fully saturated rings. The summed E-state index contributed by atoms with van der Waals surface area (Å²) in [5.74, 6) is 0.510. The Hall–Kier alpha value is -0.433. The Labute approximate surface area is 130 Å². The summed E-state index contributed by atoms with van der Waals surface area (Å²) in [6, 6.07) is 3.60. The lowest BCUT2D eigenvalue weighted by Gasteiger charge is -2.36. The minimum absolute atomic E-state index is 0.113. The average molecular weight is 362 g/mol. The van der Waals surface area contributed by atoms with Crippen molar-refractivity contribution in [1.82, 2.24) is 4.98 Å². The van der Waals surface area contributed by atoms with Crippen LogP contribution in [0.15, 0.2) is 16.6 Å². The third-order valence-corrected chi connectivity index (χ3v) is 8.91. The minimum atomic E-state index is -1.72. The van der Waals surface area contributed by atoms with E-state index in [4.69, 9.17) is 14.3 Å². The molecule has 0 aliphatic heterocycles. The van der Waals surface area contributed by atoms with Crippen molar-refractivity contribution in [2.75, 3.05) is 13.2 Å². The number of ether oxygens (including phenoxy) is 1. The Morgan fingerprint density at radius 3 is 2.45 bits per heavy atom. The Balaban J connectivity index is 2.46. The fourth-order valence-electron chi connectivity index (χ4n) is 1.32. The van der Waals surface area contributed by atoms with Crippen molar-refractivity contribution < 1.29 is 14.3 Å². The molecule has 6 heteroatoms. The summed E-state index contributed by atoms with van der Waals surface area (Å²) in [7, 11) is -1.72. The number of aliphatic hydroxyl groups excluding tert-OH is 1. The molecule has 0 amide bonds. The fourth-order valence-corrected chi connectivity index (χ4v) is 2.69. The van der Waals surface area contributed by atoms with Crippen molar-refractivity contribution in [3.8, 4) is 5.88 Å². The van der Waals surface area contributed by atoms with Gasteiger partial charge in [-0.05, 0) is 40.1 Å². The van der Waals surface area contributed by atoms with E-state index >= 15 is 0 Å². The Morgan fingerprint density at radius 2 is 1.90 bits per heavy atom. The summed E-state index contributed by atoms with van der Waals surface area (Å²) < 4.78 is 12.4. The fraction of sp³-hybridized carbons (Fsp3) is 0.643. The molecule has 4 nitrogen and oxygen atoms in total. The molecule has 0 aromatic carbocycles. The Bertz CT molecular complexity index is 447. The first-order valence-corrected chi connectivity index (χ1v) is 10.4. The summed E-state index contributed by atoms with van der Waals surface area (Å²) >= 11 is 3.32. The van der Waals surface area contributed by atoms with Gasteiger partial charge in [0.1, 0.15) is 6.61 Å². The molecule has 0 radical (unpaired) electrons. The van der Waals surface area contributed by atoms with Crippen LogP contribution in [0.5, 0.6) is 5.88 Å². The summed E-state index contributed by atoms with van der Waals surface area (Å²) in [5.41, 5.74) is 0.577. The normalized spacial score (nSPS) is 12.6. The first-order chi connectivity index (χ1) is 9.17. The maximum Gasteiger partial charge on any atom is 0.213 e. The first-order valence-electron chi connectivity index (χ1n) is 6.70. The molecule has 0 unspecified atom stereocenters. The molecule has 0 spiro atoms. The van der Waals surface area contributed by atoms with Gasteiger partial charge in [-0.25, -0.2) is 4.98 Å². The van der Waals surface area contributed by atoms with Crippen LogP contribution in [-0.4, -0.2) is 31.6 Å². The number of pyridine rings is 1. The maximum absolute atomic E-state index is 9.14. The molecule has 0 atom stereocenters. The molecule has 1 heterocycles. The van der Waals surface area contributed by atoms with E-state index in [-0.39, 0.29) is 11.6 Å². The van der Waals surface area contributed by atoms with Gasteiger partial charge in [0.15, 0.2) is 8.32 Å². The Morgan fingerprint density at radius 1 is 1.25 bits per heavy atom. The smallest absolute Gasteiger partial charge is 0.213 e. The van der Waals surface area contributed by atoms with Crippen molar-refractivity contribution in [1.29, 1.82) is 0 Å². The van der Waals surface area contributed by atoms with Crippen molar-refractivity contribution in [3.63, 3.8) is 0 Å². The zero-order chi connectivity index (χ0) is 15.4. The summed E-state index contributed by atoms with van der Waals surface area (Å²) in [6.45, 7) is 12.0. The molecular weight excluding hydrogens is 338 g/mol. The molecule has 1 aromatic rings. The van der Waals surface area contributed by atoms with E-state index in [1.165, 1.54) is 0 Å². The summed E-state index contributed by atoms with van der Waals surface area (Å²) in [4.78, 5) is 4.21. The van der Waals surface area contributed by atoms with Gasteiger partial charge in [-0.2, -0.15) is 0 Å². The van der Waals surface area contributed by atoms with Gasteiger partial charge >= 0.3 is 0 Å². The van der Waals surface area contributed by atoms with Crippen LogP contribution in [0.2, 0.25) is 18.1 Å². The van der Waals surface area contributed by atoms with E-state index < -0.39 is 8.32 Å². The van der Waals surface area contributed by atoms with Gasteiger partial charge in [-0.1, -0.05) is 20.8 Å². The van der Waals surface area contributed by atoms with Gasteiger partial charge in [0.25, 0.3) is 0 Å². The van der Waals surface area contributed by atoms with Gasteiger partial charge in [-0.3, -0.25) is 0 Å². The zero-order valence-corrected chi connectivity index (χ0v) is 15.5. The molecule has 0 saturated carbocycles. The van der Waals surface area contributed by atoms with Crippen LogP contribution in [0.25, 0.3) is 0 Å². The second kappa shape index (κ2) is 7.02. The lowest BCUT2D eigenvalue weighted by Crippen LogP contribution is -2.41. The van der Waals surface area contributed by atoms with E-state index in [1.807, 2.05) is 6.07 Å². The van der Waals surface area contributed by atoms with Crippen molar-refractivity contribution in [2.45, 2.75) is 45.5 Å². The maximum atomic E-state index is 9.14. The van der Waals surface area contributed by atoms with Gasteiger partial charge in [0.2, 0.25) is 5.88 Å². The van der Waals surface area contributed by atoms with Crippen LogP contribution in [0.3, 0.4) is 0 Å². The summed E-state index contributed by atoms with van der Waals surface area (Å²) in [6.07, 6.45) is 0. The number of nitrogens with zero attached hydrogens (tertiary/aromatic N) is 1. The van der Waals surface area contributed by atoms with E-state index in [9.17, 15) is 0 Å². The molecule has 114 valence electrons. The predicted molar refractivity (Wildman–Crippen MR) is 86.5 cm³/mol. The number of rotatable bonds is 6. The van der Waals surface area contributed by atoms with Crippen LogP contribution in [0.4, 0.5) is 0 Å². The molecule has 20 heavy (non-hydrogen) atoms.